The molecule has 2 aliphatic heterocycles. The maximum atomic E-state index is 15.1. The van der Waals surface area contributed by atoms with Gasteiger partial charge in [0.25, 0.3) is 5.91 Å². The summed E-state index contributed by atoms with van der Waals surface area (Å²) in [5.74, 6) is -1.38. The maximum Gasteiger partial charge on any atom is 0.417 e. The molecule has 0 radical (unpaired) electrons. The van der Waals surface area contributed by atoms with Crippen LogP contribution in [-0.4, -0.2) is 43.3 Å². The van der Waals surface area contributed by atoms with Gasteiger partial charge in [0, 0.05) is 18.0 Å². The maximum absolute atomic E-state index is 15.1. The van der Waals surface area contributed by atoms with Crippen molar-refractivity contribution < 1.29 is 31.9 Å². The molecule has 2 saturated heterocycles. The molecule has 2 aromatic rings. The zero-order valence-electron chi connectivity index (χ0n) is 19.7. The smallest absolute Gasteiger partial charge is 0.379 e. The monoisotopic (exact) mass is 516 g/mol. The van der Waals surface area contributed by atoms with Crippen molar-refractivity contribution in [1.29, 1.82) is 5.26 Å². The van der Waals surface area contributed by atoms with Gasteiger partial charge in [0.2, 0.25) is 0 Å². The van der Waals surface area contributed by atoms with E-state index in [4.69, 9.17) is 10.00 Å². The van der Waals surface area contributed by atoms with Crippen LogP contribution < -0.4 is 15.1 Å². The first-order valence-electron chi connectivity index (χ1n) is 12.1. The number of nitrogens with zero attached hydrogens (tertiary/aromatic N) is 3. The molecule has 7 nitrogen and oxygen atoms in total. The number of fused-ring (bicyclic) bond motifs is 1. The Hall–Kier alpha value is -3.65. The van der Waals surface area contributed by atoms with Gasteiger partial charge in [0.05, 0.1) is 47.5 Å². The number of rotatable bonds is 4. The van der Waals surface area contributed by atoms with Crippen LogP contribution >= 0.6 is 0 Å². The summed E-state index contributed by atoms with van der Waals surface area (Å²) in [5.41, 5.74) is -1.54. The zero-order chi connectivity index (χ0) is 26.3. The zero-order valence-corrected chi connectivity index (χ0v) is 19.7. The molecule has 37 heavy (non-hydrogen) atoms. The van der Waals surface area contributed by atoms with Crippen molar-refractivity contribution in [2.24, 2.45) is 0 Å². The number of hydrogen-bond acceptors (Lipinski definition) is 4. The molecule has 3 atom stereocenters. The number of carbonyl (C=O) groups is 2. The number of ether oxygens (including phenoxy) is 1. The third-order valence-electron chi connectivity index (χ3n) is 7.22. The number of benzene rings is 2. The van der Waals surface area contributed by atoms with Gasteiger partial charge in [-0.15, -0.1) is 0 Å². The van der Waals surface area contributed by atoms with E-state index < -0.39 is 41.1 Å². The molecule has 2 aromatic carbocycles. The van der Waals surface area contributed by atoms with Gasteiger partial charge in [-0.3, -0.25) is 14.6 Å². The Bertz CT molecular complexity index is 1270. The lowest BCUT2D eigenvalue weighted by Gasteiger charge is -2.32. The second-order valence-corrected chi connectivity index (χ2v) is 9.48. The summed E-state index contributed by atoms with van der Waals surface area (Å²) in [6, 6.07) is 7.13. The molecule has 2 heterocycles. The molecule has 3 aliphatic rings. The van der Waals surface area contributed by atoms with Crippen LogP contribution in [0.4, 0.5) is 33.7 Å². The molecule has 1 unspecified atom stereocenters. The Morgan fingerprint density at radius 3 is 2.24 bits per heavy atom. The number of carbonyl (C=O) groups excluding carboxylic acids is 2. The van der Waals surface area contributed by atoms with E-state index >= 15 is 4.39 Å². The molecule has 1 saturated carbocycles. The second kappa shape index (κ2) is 9.67. The molecule has 0 spiro atoms. The fourth-order valence-corrected chi connectivity index (χ4v) is 5.46. The summed E-state index contributed by atoms with van der Waals surface area (Å²) in [6.45, 7) is 0.879. The summed E-state index contributed by atoms with van der Waals surface area (Å²) < 4.78 is 61.1. The van der Waals surface area contributed by atoms with E-state index in [2.05, 4.69) is 5.32 Å². The van der Waals surface area contributed by atoms with Crippen LogP contribution in [0.2, 0.25) is 0 Å². The van der Waals surface area contributed by atoms with Gasteiger partial charge in [0.15, 0.2) is 0 Å². The van der Waals surface area contributed by atoms with Crippen LogP contribution in [0.1, 0.15) is 53.6 Å². The normalized spacial score (nSPS) is 23.6. The van der Waals surface area contributed by atoms with Gasteiger partial charge in [-0.2, -0.15) is 18.4 Å². The number of amides is 3. The predicted molar refractivity (Wildman–Crippen MR) is 126 cm³/mol. The number of nitrogens with one attached hydrogen (secondary N) is 1. The predicted octanol–water partition coefficient (Wildman–Crippen LogP) is 4.99. The summed E-state index contributed by atoms with van der Waals surface area (Å²) >= 11 is 0. The van der Waals surface area contributed by atoms with Gasteiger partial charge in [-0.1, -0.05) is 12.8 Å². The Kier molecular flexibility index (Phi) is 6.54. The Morgan fingerprint density at radius 1 is 1.03 bits per heavy atom. The molecule has 1 aliphatic carbocycles. The molecule has 1 N–H and O–H groups in total. The number of alkyl halides is 3. The van der Waals surface area contributed by atoms with Gasteiger partial charge in [-0.25, -0.2) is 9.18 Å². The first kappa shape index (κ1) is 25.0. The van der Waals surface area contributed by atoms with E-state index in [-0.39, 0.29) is 29.0 Å². The number of nitriles is 1. The number of anilines is 2. The molecular weight excluding hydrogens is 492 g/mol. The number of hydrogen-bond donors (Lipinski definition) is 1. The van der Waals surface area contributed by atoms with Crippen LogP contribution in [0, 0.1) is 17.1 Å². The largest absolute Gasteiger partial charge is 0.417 e. The van der Waals surface area contributed by atoms with Gasteiger partial charge >= 0.3 is 12.2 Å². The third-order valence-corrected chi connectivity index (χ3v) is 7.22. The lowest BCUT2D eigenvalue weighted by Crippen LogP contribution is -2.40. The van der Waals surface area contributed by atoms with Crippen LogP contribution in [0.15, 0.2) is 36.4 Å². The van der Waals surface area contributed by atoms with E-state index in [9.17, 15) is 22.8 Å². The Balaban J connectivity index is 1.47. The van der Waals surface area contributed by atoms with Crippen molar-refractivity contribution in [2.75, 3.05) is 23.0 Å². The van der Waals surface area contributed by atoms with Gasteiger partial charge in [-0.05, 0) is 55.7 Å². The SMILES string of the molecule is N#Cc1ccc(N2C(=O)N(c3ccc(C(=O)NC4CCOC4)c(F)c3)[C@@H]3CCCC[C@H]32)cc1C(F)(F)F. The molecule has 11 heteroatoms. The third kappa shape index (κ3) is 4.62. The van der Waals surface area contributed by atoms with Crippen molar-refractivity contribution in [1.82, 2.24) is 5.32 Å². The van der Waals surface area contributed by atoms with E-state index in [1.165, 1.54) is 28.0 Å². The standard InChI is InChI=1S/C26H24F4N4O3/c27-21-12-18(7-8-19(21)24(35)32-16-9-10-37-14-16)34-23-4-2-1-3-22(23)33(25(34)36)17-6-5-15(13-31)20(11-17)26(28,29)30/h5-8,11-12,16,22-23H,1-4,9-10,14H2,(H,32,35)/t16?,22-,23-/m1/s1. The highest BCUT2D eigenvalue weighted by Gasteiger charge is 2.48. The number of urea groups is 1. The fourth-order valence-electron chi connectivity index (χ4n) is 5.46. The average Bonchev–Trinajstić information content (AvgIpc) is 3.48. The fraction of sp³-hybridized carbons (Fsp3) is 0.423. The molecule has 0 aromatic heterocycles. The highest BCUT2D eigenvalue weighted by atomic mass is 19.4. The highest BCUT2D eigenvalue weighted by molar-refractivity contribution is 6.08. The summed E-state index contributed by atoms with van der Waals surface area (Å²) in [7, 11) is 0. The number of halogens is 4. The molecule has 3 fully saturated rings. The van der Waals surface area contributed by atoms with E-state index in [1.54, 1.807) is 6.07 Å². The first-order chi connectivity index (χ1) is 17.7. The average molecular weight is 516 g/mol. The minimum atomic E-state index is -4.76. The van der Waals surface area contributed by atoms with E-state index in [0.717, 1.165) is 31.0 Å². The van der Waals surface area contributed by atoms with Crippen LogP contribution in [0.5, 0.6) is 0 Å². The summed E-state index contributed by atoms with van der Waals surface area (Å²) in [4.78, 5) is 28.9. The summed E-state index contributed by atoms with van der Waals surface area (Å²) in [5, 5.41) is 11.9. The van der Waals surface area contributed by atoms with E-state index in [1.807, 2.05) is 0 Å². The summed E-state index contributed by atoms with van der Waals surface area (Å²) in [6.07, 6.45) is -1.36. The molecule has 3 amide bonds. The Labute approximate surface area is 210 Å². The van der Waals surface area contributed by atoms with Crippen LogP contribution in [0.25, 0.3) is 0 Å². The lowest BCUT2D eigenvalue weighted by atomic mass is 9.89. The first-order valence-corrected chi connectivity index (χ1v) is 12.1. The van der Waals surface area contributed by atoms with Crippen molar-refractivity contribution in [3.05, 3.63) is 58.9 Å². The highest BCUT2D eigenvalue weighted by Crippen LogP contribution is 2.42. The van der Waals surface area contributed by atoms with Crippen molar-refractivity contribution in [3.8, 4) is 6.07 Å². The van der Waals surface area contributed by atoms with Crippen LogP contribution in [0.3, 0.4) is 0 Å². The lowest BCUT2D eigenvalue weighted by molar-refractivity contribution is -0.137. The molecule has 194 valence electrons. The molecular formula is C26H24F4N4O3. The second-order valence-electron chi connectivity index (χ2n) is 9.48. The topological polar surface area (TPSA) is 85.7 Å². The minimum Gasteiger partial charge on any atom is -0.379 e. The van der Waals surface area contributed by atoms with Gasteiger partial charge < -0.3 is 10.1 Å². The van der Waals surface area contributed by atoms with Crippen LogP contribution in [-0.2, 0) is 10.9 Å². The van der Waals surface area contributed by atoms with Gasteiger partial charge in [0.1, 0.15) is 5.82 Å². The van der Waals surface area contributed by atoms with Crippen molar-refractivity contribution >= 4 is 23.3 Å². The minimum absolute atomic E-state index is 0.0333. The molecule has 0 bridgehead atoms. The quantitative estimate of drug-likeness (QED) is 0.580. The van der Waals surface area contributed by atoms with E-state index in [0.29, 0.717) is 32.5 Å². The molecule has 5 rings (SSSR count). The van der Waals surface area contributed by atoms with Crippen molar-refractivity contribution in [3.63, 3.8) is 0 Å². The van der Waals surface area contributed by atoms with Crippen molar-refractivity contribution in [2.45, 2.75) is 56.4 Å². The Morgan fingerprint density at radius 2 is 1.68 bits per heavy atom.